The number of benzene rings is 1. The maximum Gasteiger partial charge on any atom is 0.427 e. The summed E-state index contributed by atoms with van der Waals surface area (Å²) < 4.78 is 37.4. The van der Waals surface area contributed by atoms with Crippen molar-refractivity contribution in [3.05, 3.63) is 29.8 Å². The predicted octanol–water partition coefficient (Wildman–Crippen LogP) is 2.88. The first-order chi connectivity index (χ1) is 7.38. The van der Waals surface area contributed by atoms with Crippen molar-refractivity contribution < 1.29 is 13.2 Å². The molecule has 1 atom stereocenters. The predicted molar refractivity (Wildman–Crippen MR) is 53.1 cm³/mol. The van der Waals surface area contributed by atoms with Crippen LogP contribution < -0.4 is 4.90 Å². The molecule has 0 bridgehead atoms. The molecule has 6 heteroatoms. The summed E-state index contributed by atoms with van der Waals surface area (Å²) in [4.78, 5) is -1.24. The molecule has 2 nitrogen and oxygen atoms in total. The maximum atomic E-state index is 12.5. The van der Waals surface area contributed by atoms with E-state index in [9.17, 15) is 13.2 Å². The molecule has 1 heterocycles. The zero-order chi connectivity index (χ0) is 12.0. The minimum Gasteiger partial charge on any atom is -0.340 e. The molecule has 1 unspecified atom stereocenters. The largest absolute Gasteiger partial charge is 0.427 e. The van der Waals surface area contributed by atoms with E-state index >= 15 is 0 Å². The molecule has 0 amide bonds. The van der Waals surface area contributed by atoms with Crippen LogP contribution in [0.3, 0.4) is 0 Å². The summed E-state index contributed by atoms with van der Waals surface area (Å²) in [5, 5.41) is 8.54. The van der Waals surface area contributed by atoms with Gasteiger partial charge in [-0.3, -0.25) is 0 Å². The van der Waals surface area contributed by atoms with E-state index in [0.717, 1.165) is 4.90 Å². The number of nitriles is 1. The van der Waals surface area contributed by atoms with Gasteiger partial charge in [-0.2, -0.15) is 18.4 Å². The average Bonchev–Trinajstić information content (AvgIpc) is 2.92. The molecule has 84 valence electrons. The minimum atomic E-state index is -4.46. The molecule has 0 aromatic heterocycles. The standard InChI is InChI=1S/C10H6ClF3N2/c11-9(10(12,13)14)6-16(9)8-3-1-7(5-15)2-4-8/h1-4H,6H2. The Morgan fingerprint density at radius 2 is 1.88 bits per heavy atom. The van der Waals surface area contributed by atoms with Gasteiger partial charge in [-0.15, -0.1) is 0 Å². The lowest BCUT2D eigenvalue weighted by molar-refractivity contribution is -0.136. The quantitative estimate of drug-likeness (QED) is 0.433. The highest BCUT2D eigenvalue weighted by Crippen LogP contribution is 2.52. The third kappa shape index (κ3) is 1.59. The lowest BCUT2D eigenvalue weighted by atomic mass is 10.2. The molecular formula is C10H6ClF3N2. The second-order valence-electron chi connectivity index (χ2n) is 3.50. The van der Waals surface area contributed by atoms with Crippen molar-refractivity contribution in [2.75, 3.05) is 11.4 Å². The van der Waals surface area contributed by atoms with Gasteiger partial charge in [-0.1, -0.05) is 11.6 Å². The number of hydrogen-bond acceptors (Lipinski definition) is 2. The Kier molecular flexibility index (Phi) is 2.28. The van der Waals surface area contributed by atoms with Crippen molar-refractivity contribution in [2.24, 2.45) is 0 Å². The van der Waals surface area contributed by atoms with E-state index in [-0.39, 0.29) is 6.54 Å². The van der Waals surface area contributed by atoms with Gasteiger partial charge in [0.05, 0.1) is 18.2 Å². The molecule has 0 spiro atoms. The van der Waals surface area contributed by atoms with Crippen molar-refractivity contribution in [3.63, 3.8) is 0 Å². The highest BCUT2D eigenvalue weighted by molar-refractivity contribution is 6.29. The third-order valence-electron chi connectivity index (χ3n) is 2.43. The summed E-state index contributed by atoms with van der Waals surface area (Å²) in [6.45, 7) is -0.260. The van der Waals surface area contributed by atoms with Crippen LogP contribution in [0.4, 0.5) is 18.9 Å². The fourth-order valence-electron chi connectivity index (χ4n) is 1.43. The first-order valence-electron chi connectivity index (χ1n) is 4.42. The molecule has 0 aliphatic carbocycles. The minimum absolute atomic E-state index is 0.260. The van der Waals surface area contributed by atoms with E-state index in [1.807, 2.05) is 6.07 Å². The summed E-state index contributed by atoms with van der Waals surface area (Å²) in [6.07, 6.45) is -4.46. The number of hydrogen-bond donors (Lipinski definition) is 0. The fourth-order valence-corrected chi connectivity index (χ4v) is 1.65. The van der Waals surface area contributed by atoms with Crippen molar-refractivity contribution in [1.29, 1.82) is 5.26 Å². The van der Waals surface area contributed by atoms with Crippen LogP contribution in [0.25, 0.3) is 0 Å². The Balaban J connectivity index is 2.21. The van der Waals surface area contributed by atoms with E-state index < -0.39 is 11.2 Å². The van der Waals surface area contributed by atoms with Crippen LogP contribution in [-0.2, 0) is 0 Å². The molecule has 1 saturated heterocycles. The zero-order valence-corrected chi connectivity index (χ0v) is 8.68. The van der Waals surface area contributed by atoms with Gasteiger partial charge in [0.2, 0.25) is 5.00 Å². The average molecular weight is 247 g/mol. The number of halogens is 4. The van der Waals surface area contributed by atoms with E-state index in [1.54, 1.807) is 0 Å². The lowest BCUT2D eigenvalue weighted by Gasteiger charge is -2.14. The normalized spacial score (nSPS) is 24.1. The Morgan fingerprint density at radius 1 is 1.31 bits per heavy atom. The smallest absolute Gasteiger partial charge is 0.340 e. The van der Waals surface area contributed by atoms with Crippen LogP contribution in [0.1, 0.15) is 5.56 Å². The first kappa shape index (κ1) is 11.1. The van der Waals surface area contributed by atoms with Crippen LogP contribution >= 0.6 is 11.6 Å². The van der Waals surface area contributed by atoms with Crippen LogP contribution in [0.2, 0.25) is 0 Å². The van der Waals surface area contributed by atoms with Crippen LogP contribution in [0, 0.1) is 11.3 Å². The molecule has 1 fully saturated rings. The SMILES string of the molecule is N#Cc1ccc(N2CC2(Cl)C(F)(F)F)cc1. The van der Waals surface area contributed by atoms with Crippen molar-refractivity contribution in [3.8, 4) is 6.07 Å². The third-order valence-corrected chi connectivity index (χ3v) is 2.97. The van der Waals surface area contributed by atoms with Gasteiger partial charge in [0, 0.05) is 5.69 Å². The number of rotatable bonds is 1. The topological polar surface area (TPSA) is 26.8 Å². The monoisotopic (exact) mass is 246 g/mol. The van der Waals surface area contributed by atoms with Crippen LogP contribution in [0.5, 0.6) is 0 Å². The van der Waals surface area contributed by atoms with Gasteiger partial charge < -0.3 is 4.90 Å². The fraction of sp³-hybridized carbons (Fsp3) is 0.300. The van der Waals surface area contributed by atoms with E-state index in [0.29, 0.717) is 11.3 Å². The molecule has 0 N–H and O–H groups in total. The molecule has 2 rings (SSSR count). The van der Waals surface area contributed by atoms with Gasteiger partial charge in [0.1, 0.15) is 0 Å². The summed E-state index contributed by atoms with van der Waals surface area (Å²) in [5.74, 6) is 0. The second kappa shape index (κ2) is 3.29. The van der Waals surface area contributed by atoms with Crippen LogP contribution in [0.15, 0.2) is 24.3 Å². The summed E-state index contributed by atoms with van der Waals surface area (Å²) >= 11 is 5.43. The summed E-state index contributed by atoms with van der Waals surface area (Å²) in [6, 6.07) is 7.72. The van der Waals surface area contributed by atoms with E-state index in [1.165, 1.54) is 24.3 Å². The van der Waals surface area contributed by atoms with Crippen molar-refractivity contribution in [1.82, 2.24) is 0 Å². The van der Waals surface area contributed by atoms with Gasteiger partial charge >= 0.3 is 6.18 Å². The highest BCUT2D eigenvalue weighted by Gasteiger charge is 2.69. The Hall–Kier alpha value is -1.41. The molecule has 0 radical (unpaired) electrons. The van der Waals surface area contributed by atoms with Gasteiger partial charge in [0.25, 0.3) is 0 Å². The maximum absolute atomic E-state index is 12.5. The zero-order valence-electron chi connectivity index (χ0n) is 7.92. The van der Waals surface area contributed by atoms with E-state index in [2.05, 4.69) is 0 Å². The van der Waals surface area contributed by atoms with E-state index in [4.69, 9.17) is 16.9 Å². The molecule has 1 aliphatic rings. The molecule has 0 saturated carbocycles. The summed E-state index contributed by atoms with van der Waals surface area (Å²) in [7, 11) is 0. The number of anilines is 1. The van der Waals surface area contributed by atoms with Gasteiger partial charge in [-0.25, -0.2) is 0 Å². The van der Waals surface area contributed by atoms with Gasteiger partial charge in [0.15, 0.2) is 0 Å². The molecule has 1 aromatic carbocycles. The molecule has 16 heavy (non-hydrogen) atoms. The Morgan fingerprint density at radius 3 is 2.25 bits per heavy atom. The van der Waals surface area contributed by atoms with Crippen LogP contribution in [-0.4, -0.2) is 17.7 Å². The molecule has 1 aromatic rings. The highest BCUT2D eigenvalue weighted by atomic mass is 35.5. The second-order valence-corrected chi connectivity index (χ2v) is 4.13. The Labute approximate surface area is 94.8 Å². The first-order valence-corrected chi connectivity index (χ1v) is 4.80. The summed E-state index contributed by atoms with van der Waals surface area (Å²) in [5.41, 5.74) is 0.768. The molecular weight excluding hydrogens is 241 g/mol. The van der Waals surface area contributed by atoms with Gasteiger partial charge in [-0.05, 0) is 24.3 Å². The Bertz CT molecular complexity index is 449. The lowest BCUT2D eigenvalue weighted by Crippen LogP contribution is -2.31. The number of alkyl halides is 4. The van der Waals surface area contributed by atoms with Crippen molar-refractivity contribution >= 4 is 17.3 Å². The molecule has 1 aliphatic heterocycles. The number of nitrogens with zero attached hydrogens (tertiary/aromatic N) is 2. The van der Waals surface area contributed by atoms with Crippen molar-refractivity contribution in [2.45, 2.75) is 11.2 Å².